The van der Waals surface area contributed by atoms with Gasteiger partial charge >= 0.3 is 12.1 Å². The largest absolute Gasteiger partial charge is 0.503 e. The van der Waals surface area contributed by atoms with Crippen molar-refractivity contribution in [1.82, 2.24) is 0 Å². The van der Waals surface area contributed by atoms with Gasteiger partial charge in [-0.25, -0.2) is 9.59 Å². The van der Waals surface area contributed by atoms with Gasteiger partial charge in [0.25, 0.3) is 0 Å². The van der Waals surface area contributed by atoms with Gasteiger partial charge in [0.05, 0.1) is 0 Å². The van der Waals surface area contributed by atoms with Gasteiger partial charge in [-0.2, -0.15) is 4.89 Å². The lowest BCUT2D eigenvalue weighted by Crippen LogP contribution is -2.12. The number of carbonyl (C=O) groups is 2. The summed E-state index contributed by atoms with van der Waals surface area (Å²) >= 11 is 0. The maximum absolute atomic E-state index is 10.8. The van der Waals surface area contributed by atoms with Crippen molar-refractivity contribution in [2.75, 3.05) is 0 Å². The van der Waals surface area contributed by atoms with Crippen LogP contribution in [-0.4, -0.2) is 28.4 Å². The summed E-state index contributed by atoms with van der Waals surface area (Å²) in [6.07, 6.45) is 0.602. The Labute approximate surface area is 93.0 Å². The number of hydrogen-bond donors (Lipinski definition) is 2. The average molecular weight is 230 g/mol. The minimum absolute atomic E-state index is 0.280. The van der Waals surface area contributed by atoms with Crippen LogP contribution in [0.5, 0.6) is 0 Å². The van der Waals surface area contributed by atoms with E-state index in [1.165, 1.54) is 19.1 Å². The first-order valence-corrected chi connectivity index (χ1v) is 4.05. The van der Waals surface area contributed by atoms with Crippen molar-refractivity contribution in [3.8, 4) is 0 Å². The predicted molar refractivity (Wildman–Crippen MR) is 56.8 cm³/mol. The zero-order chi connectivity index (χ0) is 13.1. The third kappa shape index (κ3) is 11.9. The van der Waals surface area contributed by atoms with E-state index in [1.807, 2.05) is 0 Å². The summed E-state index contributed by atoms with van der Waals surface area (Å²) in [6.45, 7) is 11.8. The first kappa shape index (κ1) is 16.4. The standard InChI is InChI=1S/C9H12O3.CH2O3/c1-5-8(6-2)11-12-9(10)7(3)4;2-1(3)4/h5-6,8H,1-3H2,4H3;(H2,2,3,4). The highest BCUT2D eigenvalue weighted by atomic mass is 17.2. The van der Waals surface area contributed by atoms with Gasteiger partial charge < -0.3 is 10.2 Å². The Morgan fingerprint density at radius 2 is 1.62 bits per heavy atom. The van der Waals surface area contributed by atoms with Crippen LogP contribution < -0.4 is 0 Å². The van der Waals surface area contributed by atoms with E-state index in [4.69, 9.17) is 15.0 Å². The van der Waals surface area contributed by atoms with Gasteiger partial charge in [0.1, 0.15) is 6.10 Å². The zero-order valence-corrected chi connectivity index (χ0v) is 8.88. The van der Waals surface area contributed by atoms with E-state index in [1.54, 1.807) is 0 Å². The Morgan fingerprint density at radius 1 is 1.25 bits per heavy atom. The van der Waals surface area contributed by atoms with E-state index in [0.717, 1.165) is 0 Å². The molecule has 0 spiro atoms. The van der Waals surface area contributed by atoms with E-state index in [-0.39, 0.29) is 5.57 Å². The van der Waals surface area contributed by atoms with Crippen molar-refractivity contribution in [3.63, 3.8) is 0 Å². The van der Waals surface area contributed by atoms with Gasteiger partial charge in [0, 0.05) is 5.57 Å². The van der Waals surface area contributed by atoms with Crippen molar-refractivity contribution in [2.45, 2.75) is 13.0 Å². The molecule has 0 heterocycles. The Hall–Kier alpha value is -2.08. The second kappa shape index (κ2) is 9.47. The molecule has 0 aliphatic rings. The average Bonchev–Trinajstić information content (AvgIpc) is 2.18. The summed E-state index contributed by atoms with van der Waals surface area (Å²) in [7, 11) is 0. The fraction of sp³-hybridized carbons (Fsp3) is 0.200. The molecule has 0 aromatic rings. The fourth-order valence-corrected chi connectivity index (χ4v) is 0.345. The normalized spacial score (nSPS) is 8.38. The van der Waals surface area contributed by atoms with Gasteiger partial charge in [-0.1, -0.05) is 18.7 Å². The molecule has 0 saturated carbocycles. The molecule has 0 amide bonds. The molecule has 0 saturated heterocycles. The Kier molecular flexibility index (Phi) is 9.68. The van der Waals surface area contributed by atoms with Gasteiger partial charge in [-0.15, -0.1) is 13.2 Å². The van der Waals surface area contributed by atoms with Crippen molar-refractivity contribution in [3.05, 3.63) is 37.5 Å². The van der Waals surface area contributed by atoms with Crippen LogP contribution in [0.1, 0.15) is 6.92 Å². The van der Waals surface area contributed by atoms with Crippen molar-refractivity contribution in [1.29, 1.82) is 0 Å². The number of rotatable bonds is 5. The molecule has 0 unspecified atom stereocenters. The highest BCUT2D eigenvalue weighted by Crippen LogP contribution is 1.99. The molecule has 0 atom stereocenters. The predicted octanol–water partition coefficient (Wildman–Crippen LogP) is 2.00. The summed E-state index contributed by atoms with van der Waals surface area (Å²) in [6, 6.07) is 0. The smallest absolute Gasteiger partial charge is 0.450 e. The third-order valence-electron chi connectivity index (χ3n) is 1.05. The highest BCUT2D eigenvalue weighted by Gasteiger charge is 2.06. The van der Waals surface area contributed by atoms with Crippen molar-refractivity contribution in [2.24, 2.45) is 0 Å². The topological polar surface area (TPSA) is 93.1 Å². The lowest BCUT2D eigenvalue weighted by Gasteiger charge is -2.06. The molecular formula is C10H14O6. The summed E-state index contributed by atoms with van der Waals surface area (Å²) in [4.78, 5) is 28.3. The maximum Gasteiger partial charge on any atom is 0.503 e. The minimum Gasteiger partial charge on any atom is -0.450 e. The second-order valence-corrected chi connectivity index (χ2v) is 2.47. The van der Waals surface area contributed by atoms with E-state index in [0.29, 0.717) is 0 Å². The van der Waals surface area contributed by atoms with Crippen LogP contribution >= 0.6 is 0 Å². The van der Waals surface area contributed by atoms with Crippen LogP contribution in [0.2, 0.25) is 0 Å². The van der Waals surface area contributed by atoms with Gasteiger partial charge in [-0.3, -0.25) is 4.89 Å². The Bertz CT molecular complexity index is 269. The molecule has 2 N–H and O–H groups in total. The number of hydrogen-bond acceptors (Lipinski definition) is 4. The van der Waals surface area contributed by atoms with Crippen LogP contribution in [0.3, 0.4) is 0 Å². The SMILES string of the molecule is C=CC(C=C)OOC(=O)C(=C)C.O=C(O)O. The lowest BCUT2D eigenvalue weighted by molar-refractivity contribution is -0.276. The van der Waals surface area contributed by atoms with Gasteiger partial charge in [-0.05, 0) is 6.92 Å². The van der Waals surface area contributed by atoms with Gasteiger partial charge in [0.15, 0.2) is 0 Å². The zero-order valence-electron chi connectivity index (χ0n) is 8.88. The van der Waals surface area contributed by atoms with Crippen molar-refractivity contribution >= 4 is 12.1 Å². The summed E-state index contributed by atoms with van der Waals surface area (Å²) < 4.78 is 0. The van der Waals surface area contributed by atoms with Crippen LogP contribution in [0.4, 0.5) is 4.79 Å². The molecule has 0 aliphatic carbocycles. The molecular weight excluding hydrogens is 216 g/mol. The first-order valence-electron chi connectivity index (χ1n) is 4.05. The number of carbonyl (C=O) groups excluding carboxylic acids is 1. The van der Waals surface area contributed by atoms with Crippen LogP contribution in [0.15, 0.2) is 37.5 Å². The van der Waals surface area contributed by atoms with Crippen molar-refractivity contribution < 1.29 is 29.6 Å². The van der Waals surface area contributed by atoms with E-state index >= 15 is 0 Å². The summed E-state index contributed by atoms with van der Waals surface area (Å²) in [5, 5.41) is 13.9. The molecule has 6 heteroatoms. The van der Waals surface area contributed by atoms with E-state index in [9.17, 15) is 4.79 Å². The molecule has 90 valence electrons. The van der Waals surface area contributed by atoms with E-state index < -0.39 is 18.2 Å². The van der Waals surface area contributed by atoms with E-state index in [2.05, 4.69) is 29.5 Å². The lowest BCUT2D eigenvalue weighted by atomic mass is 10.3. The molecule has 16 heavy (non-hydrogen) atoms. The third-order valence-corrected chi connectivity index (χ3v) is 1.05. The van der Waals surface area contributed by atoms with Crippen LogP contribution in [0, 0.1) is 0 Å². The van der Waals surface area contributed by atoms with Crippen LogP contribution in [0.25, 0.3) is 0 Å². The first-order chi connectivity index (χ1) is 7.34. The summed E-state index contributed by atoms with van der Waals surface area (Å²) in [5.74, 6) is -0.594. The molecule has 0 radical (unpaired) electrons. The van der Waals surface area contributed by atoms with Crippen LogP contribution in [-0.2, 0) is 14.6 Å². The monoisotopic (exact) mass is 230 g/mol. The Morgan fingerprint density at radius 3 is 1.88 bits per heavy atom. The fourth-order valence-electron chi connectivity index (χ4n) is 0.345. The molecule has 0 rings (SSSR count). The quantitative estimate of drug-likeness (QED) is 0.325. The molecule has 6 nitrogen and oxygen atoms in total. The highest BCUT2D eigenvalue weighted by molar-refractivity contribution is 5.86. The molecule has 0 aliphatic heterocycles. The molecule has 0 bridgehead atoms. The minimum atomic E-state index is -1.83. The number of carboxylic acid groups (broad SMARTS) is 2. The second-order valence-electron chi connectivity index (χ2n) is 2.47. The Balaban J connectivity index is 0. The maximum atomic E-state index is 10.8. The molecule has 0 aromatic heterocycles. The molecule has 0 aromatic carbocycles. The summed E-state index contributed by atoms with van der Waals surface area (Å²) in [5.41, 5.74) is 0.280. The molecule has 0 fully saturated rings. The van der Waals surface area contributed by atoms with Gasteiger partial charge in [0.2, 0.25) is 0 Å².